The molecule has 4 nitrogen and oxygen atoms in total. The second-order valence-electron chi connectivity index (χ2n) is 8.22. The van der Waals surface area contributed by atoms with Crippen LogP contribution < -0.4 is 0 Å². The number of hydrogen-bond acceptors (Lipinski definition) is 3. The summed E-state index contributed by atoms with van der Waals surface area (Å²) in [6.45, 7) is 6.65. The molecule has 1 fully saturated rings. The molecular weight excluding hydrogens is 348 g/mol. The number of likely N-dealkylation sites (tertiary alicyclic amines) is 1. The summed E-state index contributed by atoms with van der Waals surface area (Å²) in [5.41, 5.74) is 2.03. The first kappa shape index (κ1) is 20.6. The number of amides is 1. The molecule has 1 N–H and O–H groups in total. The van der Waals surface area contributed by atoms with Crippen LogP contribution in [0.15, 0.2) is 60.7 Å². The molecule has 28 heavy (non-hydrogen) atoms. The number of benzene rings is 2. The van der Waals surface area contributed by atoms with Crippen LogP contribution in [0.5, 0.6) is 0 Å². The lowest BCUT2D eigenvalue weighted by atomic mass is 9.89. The molecule has 2 aromatic rings. The molecule has 0 saturated carbocycles. The van der Waals surface area contributed by atoms with Gasteiger partial charge in [0.2, 0.25) is 5.91 Å². The highest BCUT2D eigenvalue weighted by Crippen LogP contribution is 2.27. The molecule has 1 saturated heterocycles. The van der Waals surface area contributed by atoms with E-state index in [0.717, 1.165) is 24.1 Å². The molecule has 150 valence electrons. The van der Waals surface area contributed by atoms with Gasteiger partial charge < -0.3 is 10.0 Å². The normalized spacial score (nSPS) is 18.6. The summed E-state index contributed by atoms with van der Waals surface area (Å²) < 4.78 is 0. The minimum atomic E-state index is -0.301. The molecule has 0 bridgehead atoms. The van der Waals surface area contributed by atoms with Gasteiger partial charge in [0.15, 0.2) is 0 Å². The van der Waals surface area contributed by atoms with Crippen LogP contribution in [0.3, 0.4) is 0 Å². The molecular formula is C24H32N2O2. The van der Waals surface area contributed by atoms with E-state index in [4.69, 9.17) is 0 Å². The minimum Gasteiger partial charge on any atom is -0.392 e. The molecule has 2 aromatic carbocycles. The number of hydrogen-bond donors (Lipinski definition) is 1. The average Bonchev–Trinajstić information content (AvgIpc) is 3.13. The van der Waals surface area contributed by atoms with Crippen LogP contribution in [0.4, 0.5) is 0 Å². The molecule has 3 rings (SSSR count). The Kier molecular flexibility index (Phi) is 6.87. The number of aliphatic hydroxyl groups is 1. The van der Waals surface area contributed by atoms with Crippen LogP contribution in [0.1, 0.15) is 37.3 Å². The summed E-state index contributed by atoms with van der Waals surface area (Å²) in [6, 6.07) is 20.3. The number of β-amino-alcohol motifs (C(OH)–C–C–N with tert-alkyl or cyclic N) is 1. The molecule has 0 aromatic heterocycles. The van der Waals surface area contributed by atoms with Crippen LogP contribution in [0.25, 0.3) is 0 Å². The van der Waals surface area contributed by atoms with Crippen molar-refractivity contribution in [1.82, 2.24) is 9.80 Å². The van der Waals surface area contributed by atoms with Gasteiger partial charge in [0.25, 0.3) is 0 Å². The first-order valence-electron chi connectivity index (χ1n) is 10.2. The lowest BCUT2D eigenvalue weighted by molar-refractivity contribution is -0.131. The Morgan fingerprint density at radius 3 is 2.04 bits per heavy atom. The smallest absolute Gasteiger partial charge is 0.234 e. The second-order valence-corrected chi connectivity index (χ2v) is 8.22. The van der Waals surface area contributed by atoms with Crippen molar-refractivity contribution in [2.24, 2.45) is 5.92 Å². The Hall–Kier alpha value is -2.17. The van der Waals surface area contributed by atoms with Gasteiger partial charge in [0.1, 0.15) is 0 Å². The Morgan fingerprint density at radius 2 is 1.61 bits per heavy atom. The third kappa shape index (κ3) is 4.81. The van der Waals surface area contributed by atoms with E-state index < -0.39 is 0 Å². The topological polar surface area (TPSA) is 43.8 Å². The van der Waals surface area contributed by atoms with Crippen molar-refractivity contribution >= 4 is 5.91 Å². The fraction of sp³-hybridized carbons (Fsp3) is 0.458. The lowest BCUT2D eigenvalue weighted by Crippen LogP contribution is -2.47. The Labute approximate surface area is 168 Å². The van der Waals surface area contributed by atoms with Crippen molar-refractivity contribution < 1.29 is 9.90 Å². The number of likely N-dealkylation sites (N-methyl/N-ethyl adjacent to an activating group) is 1. The third-order valence-electron chi connectivity index (χ3n) is 5.78. The van der Waals surface area contributed by atoms with E-state index in [-0.39, 0.29) is 24.0 Å². The lowest BCUT2D eigenvalue weighted by Gasteiger charge is -2.35. The van der Waals surface area contributed by atoms with Gasteiger partial charge in [0.05, 0.1) is 12.0 Å². The van der Waals surface area contributed by atoms with Crippen LogP contribution in [0, 0.1) is 5.92 Å². The predicted octanol–water partition coefficient (Wildman–Crippen LogP) is 3.37. The van der Waals surface area contributed by atoms with Crippen molar-refractivity contribution in [3.63, 3.8) is 0 Å². The molecule has 0 aliphatic carbocycles. The summed E-state index contributed by atoms with van der Waals surface area (Å²) in [7, 11) is 1.91. The van der Waals surface area contributed by atoms with Crippen molar-refractivity contribution in [1.29, 1.82) is 0 Å². The van der Waals surface area contributed by atoms with Crippen molar-refractivity contribution in [2.45, 2.75) is 38.3 Å². The number of carbonyl (C=O) groups is 1. The fourth-order valence-corrected chi connectivity index (χ4v) is 4.18. The number of nitrogens with zero attached hydrogens (tertiary/aromatic N) is 2. The molecule has 4 heteroatoms. The van der Waals surface area contributed by atoms with Crippen LogP contribution in [-0.4, -0.2) is 59.6 Å². The fourth-order valence-electron chi connectivity index (χ4n) is 4.18. The first-order chi connectivity index (χ1) is 13.5. The van der Waals surface area contributed by atoms with Crippen molar-refractivity contribution in [2.75, 3.05) is 26.7 Å². The van der Waals surface area contributed by atoms with E-state index in [1.807, 2.05) is 72.6 Å². The van der Waals surface area contributed by atoms with E-state index in [0.29, 0.717) is 19.0 Å². The summed E-state index contributed by atoms with van der Waals surface area (Å²) in [4.78, 5) is 17.7. The van der Waals surface area contributed by atoms with Gasteiger partial charge in [-0.2, -0.15) is 0 Å². The van der Waals surface area contributed by atoms with E-state index in [1.54, 1.807) is 0 Å². The monoisotopic (exact) mass is 380 g/mol. The van der Waals surface area contributed by atoms with Crippen LogP contribution in [0.2, 0.25) is 0 Å². The highest BCUT2D eigenvalue weighted by atomic mass is 16.3. The quantitative estimate of drug-likeness (QED) is 0.801. The highest BCUT2D eigenvalue weighted by molar-refractivity contribution is 5.87. The number of aliphatic hydroxyl groups excluding tert-OH is 1. The maximum atomic E-state index is 13.5. The molecule has 1 amide bonds. The van der Waals surface area contributed by atoms with Gasteiger partial charge in [-0.25, -0.2) is 0 Å². The number of rotatable bonds is 7. The summed E-state index contributed by atoms with van der Waals surface area (Å²) in [6.07, 6.45) is 0.570. The van der Waals surface area contributed by atoms with Crippen molar-refractivity contribution in [3.05, 3.63) is 71.8 Å². The second kappa shape index (κ2) is 9.35. The van der Waals surface area contributed by atoms with E-state index in [1.165, 1.54) is 0 Å². The maximum Gasteiger partial charge on any atom is 0.234 e. The standard InChI is InChI=1S/C24H32N2O2/c1-18(2)22(26-15-14-21(27)16-26)17-25(3)24(28)23(19-10-6-4-7-11-19)20-12-8-5-9-13-20/h4-13,18,21-23,27H,14-17H2,1-3H3/t21-,22?/m0/s1. The summed E-state index contributed by atoms with van der Waals surface area (Å²) >= 11 is 0. The molecule has 1 heterocycles. The van der Waals surface area contributed by atoms with Crippen LogP contribution in [-0.2, 0) is 4.79 Å². The largest absolute Gasteiger partial charge is 0.392 e. The Balaban J connectivity index is 1.81. The summed E-state index contributed by atoms with van der Waals surface area (Å²) in [5, 5.41) is 9.94. The predicted molar refractivity (Wildman–Crippen MR) is 113 cm³/mol. The molecule has 0 spiro atoms. The van der Waals surface area contributed by atoms with Gasteiger partial charge in [-0.1, -0.05) is 74.5 Å². The average molecular weight is 381 g/mol. The molecule has 1 unspecified atom stereocenters. The third-order valence-corrected chi connectivity index (χ3v) is 5.78. The van der Waals surface area contributed by atoms with Gasteiger partial charge in [-0.15, -0.1) is 0 Å². The number of carbonyl (C=O) groups excluding carboxylic acids is 1. The van der Waals surface area contributed by atoms with Gasteiger partial charge in [0, 0.05) is 32.7 Å². The highest BCUT2D eigenvalue weighted by Gasteiger charge is 2.32. The van der Waals surface area contributed by atoms with Crippen LogP contribution >= 0.6 is 0 Å². The Bertz CT molecular complexity index is 708. The maximum absolute atomic E-state index is 13.5. The molecule has 1 aliphatic heterocycles. The van der Waals surface area contributed by atoms with Gasteiger partial charge >= 0.3 is 0 Å². The van der Waals surface area contributed by atoms with E-state index in [2.05, 4.69) is 18.7 Å². The summed E-state index contributed by atoms with van der Waals surface area (Å²) in [5.74, 6) is 0.222. The zero-order valence-electron chi connectivity index (χ0n) is 17.2. The zero-order valence-corrected chi connectivity index (χ0v) is 17.2. The van der Waals surface area contributed by atoms with E-state index in [9.17, 15) is 9.90 Å². The first-order valence-corrected chi connectivity index (χ1v) is 10.2. The molecule has 2 atom stereocenters. The van der Waals surface area contributed by atoms with Gasteiger partial charge in [-0.3, -0.25) is 9.69 Å². The van der Waals surface area contributed by atoms with E-state index >= 15 is 0 Å². The molecule has 1 aliphatic rings. The Morgan fingerprint density at radius 1 is 1.07 bits per heavy atom. The molecule has 0 radical (unpaired) electrons. The minimum absolute atomic E-state index is 0.114. The zero-order chi connectivity index (χ0) is 20.1. The van der Waals surface area contributed by atoms with Crippen molar-refractivity contribution in [3.8, 4) is 0 Å². The van der Waals surface area contributed by atoms with Gasteiger partial charge in [-0.05, 0) is 23.5 Å². The SMILES string of the molecule is CC(C)C(CN(C)C(=O)C(c1ccccc1)c1ccccc1)N1CC[C@H](O)C1.